The summed E-state index contributed by atoms with van der Waals surface area (Å²) in [6.07, 6.45) is 4.98. The third kappa shape index (κ3) is 6.25. The molecule has 1 N–H and O–H groups in total. The molecule has 118 valence electrons. The summed E-state index contributed by atoms with van der Waals surface area (Å²) in [6, 6.07) is 5.80. The molecule has 0 aromatic heterocycles. The number of hydrogen-bond donors (Lipinski definition) is 1. The summed E-state index contributed by atoms with van der Waals surface area (Å²) in [5.41, 5.74) is 1.11. The number of nitrogens with one attached hydrogen (secondary N) is 1. The molecule has 1 heterocycles. The monoisotopic (exact) mass is 310 g/mol. The van der Waals surface area contributed by atoms with Crippen molar-refractivity contribution in [2.24, 2.45) is 0 Å². The molecule has 0 spiro atoms. The highest BCUT2D eigenvalue weighted by molar-refractivity contribution is 6.30. The van der Waals surface area contributed by atoms with Crippen LogP contribution < -0.4 is 10.1 Å². The molecule has 1 aromatic rings. The Bertz CT molecular complexity index is 419. The number of piperazine rings is 1. The molecular formula is C17H27ClN2O. The molecule has 1 aliphatic rings. The van der Waals surface area contributed by atoms with E-state index in [-0.39, 0.29) is 0 Å². The van der Waals surface area contributed by atoms with Crippen molar-refractivity contribution in [3.8, 4) is 5.75 Å². The van der Waals surface area contributed by atoms with Gasteiger partial charge in [0.05, 0.1) is 6.61 Å². The first-order chi connectivity index (χ1) is 10.3. The summed E-state index contributed by atoms with van der Waals surface area (Å²) in [4.78, 5) is 2.56. The number of hydrogen-bond acceptors (Lipinski definition) is 3. The quantitative estimate of drug-likeness (QED) is 0.744. The highest BCUT2D eigenvalue weighted by Gasteiger charge is 2.08. The van der Waals surface area contributed by atoms with Gasteiger partial charge in [-0.05, 0) is 50.1 Å². The predicted octanol–water partition coefficient (Wildman–Crippen LogP) is 3.49. The van der Waals surface area contributed by atoms with Crippen molar-refractivity contribution in [3.05, 3.63) is 28.8 Å². The van der Waals surface area contributed by atoms with Crippen LogP contribution in [0.1, 0.15) is 31.2 Å². The lowest BCUT2D eigenvalue weighted by Crippen LogP contribution is -2.43. The molecule has 1 saturated heterocycles. The highest BCUT2D eigenvalue weighted by atomic mass is 35.5. The maximum absolute atomic E-state index is 5.94. The topological polar surface area (TPSA) is 24.5 Å². The Kier molecular flexibility index (Phi) is 7.34. The summed E-state index contributed by atoms with van der Waals surface area (Å²) in [5.74, 6) is 0.959. The standard InChI is InChI=1S/C17H27ClN2O/c1-15-14-16(18)6-7-17(15)21-13-5-3-2-4-10-20-11-8-19-9-12-20/h6-7,14,19H,2-5,8-13H2,1H3. The molecule has 1 fully saturated rings. The molecule has 0 aliphatic carbocycles. The van der Waals surface area contributed by atoms with Crippen molar-refractivity contribution in [2.75, 3.05) is 39.3 Å². The normalized spacial score (nSPS) is 16.1. The first-order valence-corrected chi connectivity index (χ1v) is 8.45. The lowest BCUT2D eigenvalue weighted by Gasteiger charge is -2.27. The van der Waals surface area contributed by atoms with Gasteiger partial charge < -0.3 is 15.0 Å². The van der Waals surface area contributed by atoms with Crippen LogP contribution in [0.5, 0.6) is 5.75 Å². The van der Waals surface area contributed by atoms with Crippen LogP contribution >= 0.6 is 11.6 Å². The Labute approximate surface area is 133 Å². The number of aryl methyl sites for hydroxylation is 1. The lowest BCUT2D eigenvalue weighted by molar-refractivity contribution is 0.234. The third-order valence-electron chi connectivity index (χ3n) is 3.97. The smallest absolute Gasteiger partial charge is 0.122 e. The Morgan fingerprint density at radius 1 is 1.14 bits per heavy atom. The fraction of sp³-hybridized carbons (Fsp3) is 0.647. The van der Waals surface area contributed by atoms with E-state index < -0.39 is 0 Å². The van der Waals surface area contributed by atoms with E-state index in [0.29, 0.717) is 0 Å². The Balaban J connectivity index is 1.50. The molecule has 0 saturated carbocycles. The molecule has 2 rings (SSSR count). The minimum Gasteiger partial charge on any atom is -0.493 e. The zero-order chi connectivity index (χ0) is 14.9. The SMILES string of the molecule is Cc1cc(Cl)ccc1OCCCCCCN1CCNCC1. The molecule has 0 bridgehead atoms. The van der Waals surface area contributed by atoms with Crippen molar-refractivity contribution in [2.45, 2.75) is 32.6 Å². The molecule has 3 nitrogen and oxygen atoms in total. The average molecular weight is 311 g/mol. The van der Waals surface area contributed by atoms with Crippen LogP contribution in [0.4, 0.5) is 0 Å². The van der Waals surface area contributed by atoms with E-state index in [0.717, 1.165) is 42.5 Å². The molecule has 1 aliphatic heterocycles. The minimum absolute atomic E-state index is 0.771. The molecule has 0 unspecified atom stereocenters. The van der Waals surface area contributed by atoms with Gasteiger partial charge in [0, 0.05) is 31.2 Å². The summed E-state index contributed by atoms with van der Waals surface area (Å²) in [5, 5.41) is 4.16. The second kappa shape index (κ2) is 9.29. The van der Waals surface area contributed by atoms with E-state index in [2.05, 4.69) is 10.2 Å². The van der Waals surface area contributed by atoms with Gasteiger partial charge in [0.15, 0.2) is 0 Å². The fourth-order valence-corrected chi connectivity index (χ4v) is 2.91. The number of nitrogens with zero attached hydrogens (tertiary/aromatic N) is 1. The van der Waals surface area contributed by atoms with Crippen molar-refractivity contribution in [3.63, 3.8) is 0 Å². The van der Waals surface area contributed by atoms with Crippen LogP contribution in [0.15, 0.2) is 18.2 Å². The van der Waals surface area contributed by atoms with Crippen LogP contribution in [0.2, 0.25) is 5.02 Å². The van der Waals surface area contributed by atoms with Gasteiger partial charge in [0.1, 0.15) is 5.75 Å². The summed E-state index contributed by atoms with van der Waals surface area (Å²) >= 11 is 5.94. The van der Waals surface area contributed by atoms with Crippen LogP contribution in [0.25, 0.3) is 0 Å². The molecular weight excluding hydrogens is 284 g/mol. The first-order valence-electron chi connectivity index (χ1n) is 8.08. The van der Waals surface area contributed by atoms with Crippen LogP contribution in [0, 0.1) is 6.92 Å². The van der Waals surface area contributed by atoms with Gasteiger partial charge in [-0.25, -0.2) is 0 Å². The van der Waals surface area contributed by atoms with Crippen LogP contribution in [-0.4, -0.2) is 44.2 Å². The Hall–Kier alpha value is -0.770. The molecule has 0 radical (unpaired) electrons. The molecule has 21 heavy (non-hydrogen) atoms. The Morgan fingerprint density at radius 3 is 2.67 bits per heavy atom. The van der Waals surface area contributed by atoms with Crippen molar-refractivity contribution in [1.29, 1.82) is 0 Å². The molecule has 0 amide bonds. The summed E-state index contributed by atoms with van der Waals surface area (Å²) < 4.78 is 5.81. The van der Waals surface area contributed by atoms with Crippen molar-refractivity contribution in [1.82, 2.24) is 10.2 Å². The van der Waals surface area contributed by atoms with E-state index in [1.165, 1.54) is 38.9 Å². The molecule has 4 heteroatoms. The molecule has 0 atom stereocenters. The van der Waals surface area contributed by atoms with E-state index in [9.17, 15) is 0 Å². The maximum atomic E-state index is 5.94. The number of rotatable bonds is 8. The minimum atomic E-state index is 0.771. The largest absolute Gasteiger partial charge is 0.493 e. The van der Waals surface area contributed by atoms with Gasteiger partial charge in [-0.1, -0.05) is 24.4 Å². The summed E-state index contributed by atoms with van der Waals surface area (Å²) in [7, 11) is 0. The van der Waals surface area contributed by atoms with E-state index in [1.807, 2.05) is 25.1 Å². The number of benzene rings is 1. The zero-order valence-electron chi connectivity index (χ0n) is 13.0. The van der Waals surface area contributed by atoms with Crippen molar-refractivity contribution >= 4 is 11.6 Å². The number of ether oxygens (including phenoxy) is 1. The lowest BCUT2D eigenvalue weighted by atomic mass is 10.2. The van der Waals surface area contributed by atoms with Crippen LogP contribution in [-0.2, 0) is 0 Å². The van der Waals surface area contributed by atoms with Gasteiger partial charge in [0.25, 0.3) is 0 Å². The van der Waals surface area contributed by atoms with E-state index in [4.69, 9.17) is 16.3 Å². The van der Waals surface area contributed by atoms with Gasteiger partial charge in [0.2, 0.25) is 0 Å². The van der Waals surface area contributed by atoms with Gasteiger partial charge in [-0.15, -0.1) is 0 Å². The average Bonchev–Trinajstić information content (AvgIpc) is 2.49. The second-order valence-corrected chi connectivity index (χ2v) is 6.20. The van der Waals surface area contributed by atoms with E-state index >= 15 is 0 Å². The number of halogens is 1. The molecule has 1 aromatic carbocycles. The zero-order valence-corrected chi connectivity index (χ0v) is 13.8. The van der Waals surface area contributed by atoms with Crippen LogP contribution in [0.3, 0.4) is 0 Å². The number of unbranched alkanes of at least 4 members (excludes halogenated alkanes) is 3. The van der Waals surface area contributed by atoms with Gasteiger partial charge in [-0.2, -0.15) is 0 Å². The predicted molar refractivity (Wildman–Crippen MR) is 89.5 cm³/mol. The van der Waals surface area contributed by atoms with Gasteiger partial charge in [-0.3, -0.25) is 0 Å². The second-order valence-electron chi connectivity index (χ2n) is 5.76. The van der Waals surface area contributed by atoms with E-state index in [1.54, 1.807) is 0 Å². The highest BCUT2D eigenvalue weighted by Crippen LogP contribution is 2.22. The van der Waals surface area contributed by atoms with Crippen molar-refractivity contribution < 1.29 is 4.74 Å². The Morgan fingerprint density at radius 2 is 1.90 bits per heavy atom. The first kappa shape index (κ1) is 16.6. The maximum Gasteiger partial charge on any atom is 0.122 e. The third-order valence-corrected chi connectivity index (χ3v) is 4.21. The summed E-state index contributed by atoms with van der Waals surface area (Å²) in [6.45, 7) is 8.80. The fourth-order valence-electron chi connectivity index (χ4n) is 2.68. The van der Waals surface area contributed by atoms with Gasteiger partial charge >= 0.3 is 0 Å².